The zero-order valence-electron chi connectivity index (χ0n) is 9.47. The Morgan fingerprint density at radius 3 is 2.38 bits per heavy atom. The summed E-state index contributed by atoms with van der Waals surface area (Å²) >= 11 is 0. The third kappa shape index (κ3) is 6.09. The van der Waals surface area contributed by atoms with Crippen LogP contribution in [0.3, 0.4) is 0 Å². The van der Waals surface area contributed by atoms with Gasteiger partial charge in [0.2, 0.25) is 0 Å². The Morgan fingerprint density at radius 2 is 2.00 bits per heavy atom. The zero-order chi connectivity index (χ0) is 12.8. The van der Waals surface area contributed by atoms with Gasteiger partial charge in [0.25, 0.3) is 0 Å². The van der Waals surface area contributed by atoms with Crippen LogP contribution in [-0.4, -0.2) is 36.3 Å². The molecule has 6 heteroatoms. The fourth-order valence-electron chi connectivity index (χ4n) is 1.15. The number of halogens is 3. The lowest BCUT2D eigenvalue weighted by Gasteiger charge is -2.32. The summed E-state index contributed by atoms with van der Waals surface area (Å²) in [5, 5.41) is 11.2. The molecule has 3 nitrogen and oxygen atoms in total. The molecule has 0 fully saturated rings. The van der Waals surface area contributed by atoms with Crippen LogP contribution in [0.2, 0.25) is 0 Å². The third-order valence-corrected chi connectivity index (χ3v) is 1.85. The summed E-state index contributed by atoms with van der Waals surface area (Å²) in [7, 11) is 0. The van der Waals surface area contributed by atoms with E-state index in [1.165, 1.54) is 19.9 Å². The number of hydrogen-bond acceptors (Lipinski definition) is 3. The van der Waals surface area contributed by atoms with Crippen LogP contribution >= 0.6 is 0 Å². The van der Waals surface area contributed by atoms with Crippen molar-refractivity contribution in [3.05, 3.63) is 12.7 Å². The first-order chi connectivity index (χ1) is 7.23. The topological polar surface area (TPSA) is 41.5 Å². The van der Waals surface area contributed by atoms with Crippen molar-refractivity contribution in [3.8, 4) is 0 Å². The van der Waals surface area contributed by atoms with Gasteiger partial charge in [-0.3, -0.25) is 5.32 Å². The molecule has 0 aliphatic heterocycles. The second-order valence-corrected chi connectivity index (χ2v) is 3.83. The standard InChI is InChI=1S/C10H18F3NO2/c1-4-5-8(10(11,12)13)16-9(2,3)14-6-7-15/h4,8,14-15H,1,5-7H2,2-3H3. The van der Waals surface area contributed by atoms with Crippen LogP contribution in [-0.2, 0) is 4.74 Å². The maximum absolute atomic E-state index is 12.5. The number of ether oxygens (including phenoxy) is 1. The lowest BCUT2D eigenvalue weighted by atomic mass is 10.2. The highest BCUT2D eigenvalue weighted by atomic mass is 19.4. The molecule has 0 aromatic carbocycles. The first kappa shape index (κ1) is 15.4. The molecule has 0 rings (SSSR count). The Bertz CT molecular complexity index is 217. The molecule has 2 N–H and O–H groups in total. The van der Waals surface area contributed by atoms with Gasteiger partial charge in [-0.15, -0.1) is 6.58 Å². The second-order valence-electron chi connectivity index (χ2n) is 3.83. The SMILES string of the molecule is C=CCC(OC(C)(C)NCCO)C(F)(F)F. The Balaban J connectivity index is 4.43. The van der Waals surface area contributed by atoms with Crippen molar-refractivity contribution in [2.75, 3.05) is 13.2 Å². The predicted octanol–water partition coefficient (Wildman–Crippen LogP) is 1.83. The summed E-state index contributed by atoms with van der Waals surface area (Å²) in [5.41, 5.74) is -1.15. The molecule has 0 saturated carbocycles. The van der Waals surface area contributed by atoms with Crippen molar-refractivity contribution in [1.29, 1.82) is 0 Å². The molecule has 96 valence electrons. The summed E-state index contributed by atoms with van der Waals surface area (Å²) in [6.07, 6.45) is -5.44. The number of alkyl halides is 3. The normalized spacial score (nSPS) is 14.9. The maximum Gasteiger partial charge on any atom is 0.415 e. The molecule has 0 aliphatic rings. The minimum atomic E-state index is -4.42. The Kier molecular flexibility index (Phi) is 5.99. The maximum atomic E-state index is 12.5. The summed E-state index contributed by atoms with van der Waals surface area (Å²) in [6, 6.07) is 0. The van der Waals surface area contributed by atoms with Gasteiger partial charge in [0, 0.05) is 13.0 Å². The van der Waals surface area contributed by atoms with Crippen LogP contribution < -0.4 is 5.32 Å². The van der Waals surface area contributed by atoms with Crippen LogP contribution in [0.1, 0.15) is 20.3 Å². The molecule has 0 radical (unpaired) electrons. The Morgan fingerprint density at radius 1 is 1.44 bits per heavy atom. The van der Waals surface area contributed by atoms with Gasteiger partial charge in [0.05, 0.1) is 6.61 Å². The van der Waals surface area contributed by atoms with Gasteiger partial charge < -0.3 is 9.84 Å². The van der Waals surface area contributed by atoms with E-state index in [1.807, 2.05) is 0 Å². The van der Waals surface area contributed by atoms with Crippen molar-refractivity contribution < 1.29 is 23.0 Å². The fourth-order valence-corrected chi connectivity index (χ4v) is 1.15. The van der Waals surface area contributed by atoms with E-state index in [4.69, 9.17) is 9.84 Å². The third-order valence-electron chi connectivity index (χ3n) is 1.85. The molecular formula is C10H18F3NO2. The Hall–Kier alpha value is -0.590. The largest absolute Gasteiger partial charge is 0.415 e. The summed E-state index contributed by atoms with van der Waals surface area (Å²) in [4.78, 5) is 0. The van der Waals surface area contributed by atoms with E-state index in [-0.39, 0.29) is 19.6 Å². The molecule has 0 saturated heterocycles. The van der Waals surface area contributed by atoms with Crippen LogP contribution in [0.25, 0.3) is 0 Å². The van der Waals surface area contributed by atoms with E-state index in [0.717, 1.165) is 0 Å². The number of hydrogen-bond donors (Lipinski definition) is 2. The van der Waals surface area contributed by atoms with E-state index in [9.17, 15) is 13.2 Å². The number of rotatable bonds is 7. The number of aliphatic hydroxyl groups excluding tert-OH is 1. The molecule has 0 aromatic rings. The quantitative estimate of drug-likeness (QED) is 0.528. The highest BCUT2D eigenvalue weighted by molar-refractivity contribution is 4.81. The van der Waals surface area contributed by atoms with Crippen molar-refractivity contribution in [2.45, 2.75) is 38.3 Å². The first-order valence-corrected chi connectivity index (χ1v) is 4.94. The molecule has 0 amide bonds. The molecule has 1 atom stereocenters. The summed E-state index contributed by atoms with van der Waals surface area (Å²) in [6.45, 7) is 6.23. The lowest BCUT2D eigenvalue weighted by Crippen LogP contribution is -2.49. The monoisotopic (exact) mass is 241 g/mol. The van der Waals surface area contributed by atoms with Crippen molar-refractivity contribution in [3.63, 3.8) is 0 Å². The molecule has 1 unspecified atom stereocenters. The van der Waals surface area contributed by atoms with E-state index in [1.54, 1.807) is 0 Å². The molecule has 16 heavy (non-hydrogen) atoms. The van der Waals surface area contributed by atoms with Crippen LogP contribution in [0.4, 0.5) is 13.2 Å². The molecule has 0 bridgehead atoms. The molecular weight excluding hydrogens is 223 g/mol. The smallest absolute Gasteiger partial charge is 0.395 e. The van der Waals surface area contributed by atoms with Gasteiger partial charge >= 0.3 is 6.18 Å². The van der Waals surface area contributed by atoms with Crippen molar-refractivity contribution >= 4 is 0 Å². The molecule has 0 aliphatic carbocycles. The Labute approximate surface area is 93.3 Å². The predicted molar refractivity (Wildman–Crippen MR) is 54.9 cm³/mol. The average molecular weight is 241 g/mol. The minimum absolute atomic E-state index is 0.162. The average Bonchev–Trinajstić information content (AvgIpc) is 2.12. The van der Waals surface area contributed by atoms with E-state index < -0.39 is 18.0 Å². The molecule has 0 spiro atoms. The van der Waals surface area contributed by atoms with Gasteiger partial charge in [0.15, 0.2) is 6.10 Å². The highest BCUT2D eigenvalue weighted by Gasteiger charge is 2.42. The van der Waals surface area contributed by atoms with Crippen LogP contribution in [0.5, 0.6) is 0 Å². The van der Waals surface area contributed by atoms with Crippen molar-refractivity contribution in [1.82, 2.24) is 5.32 Å². The van der Waals surface area contributed by atoms with Gasteiger partial charge in [-0.05, 0) is 13.8 Å². The summed E-state index contributed by atoms with van der Waals surface area (Å²) < 4.78 is 42.5. The fraction of sp³-hybridized carbons (Fsp3) is 0.800. The van der Waals surface area contributed by atoms with Gasteiger partial charge in [-0.2, -0.15) is 13.2 Å². The van der Waals surface area contributed by atoms with Crippen LogP contribution in [0.15, 0.2) is 12.7 Å². The van der Waals surface area contributed by atoms with Gasteiger partial charge in [-0.25, -0.2) is 0 Å². The van der Waals surface area contributed by atoms with E-state index in [0.29, 0.717) is 0 Å². The lowest BCUT2D eigenvalue weighted by molar-refractivity contribution is -0.252. The highest BCUT2D eigenvalue weighted by Crippen LogP contribution is 2.28. The molecule has 0 aromatic heterocycles. The van der Waals surface area contributed by atoms with Gasteiger partial charge in [-0.1, -0.05) is 6.08 Å². The second kappa shape index (κ2) is 6.22. The van der Waals surface area contributed by atoms with E-state index in [2.05, 4.69) is 11.9 Å². The van der Waals surface area contributed by atoms with Crippen LogP contribution in [0, 0.1) is 0 Å². The molecule has 0 heterocycles. The minimum Gasteiger partial charge on any atom is -0.395 e. The summed E-state index contributed by atoms with van der Waals surface area (Å²) in [5.74, 6) is 0. The number of nitrogens with one attached hydrogen (secondary N) is 1. The van der Waals surface area contributed by atoms with E-state index >= 15 is 0 Å². The first-order valence-electron chi connectivity index (χ1n) is 4.94. The zero-order valence-corrected chi connectivity index (χ0v) is 9.47. The van der Waals surface area contributed by atoms with Crippen molar-refractivity contribution in [2.24, 2.45) is 0 Å². The van der Waals surface area contributed by atoms with Gasteiger partial charge in [0.1, 0.15) is 5.72 Å². The number of aliphatic hydroxyl groups is 1.